The van der Waals surface area contributed by atoms with Crippen LogP contribution in [0.4, 0.5) is 5.69 Å². The number of aromatic amines is 1. The van der Waals surface area contributed by atoms with Crippen LogP contribution in [-0.4, -0.2) is 45.9 Å². The summed E-state index contributed by atoms with van der Waals surface area (Å²) >= 11 is 0. The van der Waals surface area contributed by atoms with Crippen molar-refractivity contribution in [2.45, 2.75) is 78.8 Å². The summed E-state index contributed by atoms with van der Waals surface area (Å²) in [5.74, 6) is 1.97. The predicted octanol–water partition coefficient (Wildman–Crippen LogP) is 4.40. The summed E-state index contributed by atoms with van der Waals surface area (Å²) in [6.07, 6.45) is 8.45. The van der Waals surface area contributed by atoms with Crippen LogP contribution in [0.3, 0.4) is 0 Å². The molecule has 1 aliphatic carbocycles. The lowest BCUT2D eigenvalue weighted by atomic mass is 9.71. The number of H-pyrrole nitrogens is 1. The molecular formula is C25H39N5O3. The van der Waals surface area contributed by atoms with Gasteiger partial charge in [0.05, 0.1) is 18.4 Å². The van der Waals surface area contributed by atoms with Gasteiger partial charge in [-0.3, -0.25) is 19.6 Å². The van der Waals surface area contributed by atoms with E-state index in [1.54, 1.807) is 6.07 Å². The van der Waals surface area contributed by atoms with Crippen molar-refractivity contribution >= 4 is 17.4 Å². The molecule has 8 nitrogen and oxygen atoms in total. The van der Waals surface area contributed by atoms with Gasteiger partial charge in [-0.1, -0.05) is 20.8 Å². The van der Waals surface area contributed by atoms with Gasteiger partial charge < -0.3 is 15.5 Å². The van der Waals surface area contributed by atoms with Crippen molar-refractivity contribution in [1.82, 2.24) is 20.4 Å². The Hall–Kier alpha value is -2.61. The van der Waals surface area contributed by atoms with Gasteiger partial charge >= 0.3 is 0 Å². The smallest absolute Gasteiger partial charge is 0.271 e. The van der Waals surface area contributed by atoms with E-state index in [-0.39, 0.29) is 17.7 Å². The van der Waals surface area contributed by atoms with Crippen molar-refractivity contribution in [1.29, 1.82) is 0 Å². The van der Waals surface area contributed by atoms with Gasteiger partial charge in [0.2, 0.25) is 0 Å². The van der Waals surface area contributed by atoms with E-state index in [1.807, 2.05) is 6.07 Å². The number of carbonyl (C=O) groups excluding carboxylic acids is 2. The molecule has 1 amide bonds. The molecule has 0 spiro atoms. The standard InChI is InChI=1S/C14H24N4O.C11H15NO2/c1-14(2,3)9-4-6-10(7-5-9)17-13(19)12-11(15)8-16-18-12;1-9(13)11-5-4-10(14-11)8-12-6-2-3-7-12/h8-10H,4-7,15H2,1-3H3,(H,16,18)(H,17,19);4-5H,2-3,6-8H2,1H3. The van der Waals surface area contributed by atoms with Crippen LogP contribution in [0, 0.1) is 11.3 Å². The number of anilines is 1. The molecule has 0 radical (unpaired) electrons. The van der Waals surface area contributed by atoms with Crippen LogP contribution in [0.15, 0.2) is 22.7 Å². The first kappa shape index (κ1) is 25.0. The number of hydrogen-bond donors (Lipinski definition) is 3. The Morgan fingerprint density at radius 1 is 1.18 bits per heavy atom. The van der Waals surface area contributed by atoms with Crippen LogP contribution in [0.2, 0.25) is 0 Å². The fourth-order valence-corrected chi connectivity index (χ4v) is 4.65. The maximum absolute atomic E-state index is 12.0. The summed E-state index contributed by atoms with van der Waals surface area (Å²) in [5.41, 5.74) is 6.81. The molecule has 4 N–H and O–H groups in total. The zero-order chi connectivity index (χ0) is 24.0. The molecule has 0 aromatic carbocycles. The quantitative estimate of drug-likeness (QED) is 0.573. The van der Waals surface area contributed by atoms with Crippen molar-refractivity contribution < 1.29 is 14.0 Å². The summed E-state index contributed by atoms with van der Waals surface area (Å²) in [6, 6.07) is 3.91. The highest BCUT2D eigenvalue weighted by atomic mass is 16.3. The first-order chi connectivity index (χ1) is 15.6. The molecule has 2 aromatic heterocycles. The second-order valence-electron chi connectivity index (χ2n) is 10.4. The molecule has 1 saturated heterocycles. The highest BCUT2D eigenvalue weighted by molar-refractivity contribution is 5.97. The van der Waals surface area contributed by atoms with Crippen molar-refractivity contribution in [2.24, 2.45) is 11.3 Å². The summed E-state index contributed by atoms with van der Waals surface area (Å²) in [4.78, 5) is 25.3. The number of nitrogens with one attached hydrogen (secondary N) is 2. The van der Waals surface area contributed by atoms with Crippen LogP contribution in [-0.2, 0) is 6.54 Å². The summed E-state index contributed by atoms with van der Waals surface area (Å²) < 4.78 is 5.42. The molecule has 0 bridgehead atoms. The molecule has 2 fully saturated rings. The number of Topliss-reactive ketones (excluding diaryl/α,β-unsaturated/α-hetero) is 1. The number of hydrogen-bond acceptors (Lipinski definition) is 6. The van der Waals surface area contributed by atoms with Gasteiger partial charge in [0.15, 0.2) is 11.5 Å². The normalized spacial score (nSPS) is 21.3. The van der Waals surface area contributed by atoms with Gasteiger partial charge in [0.1, 0.15) is 11.5 Å². The average Bonchev–Trinajstić information content (AvgIpc) is 3.51. The van der Waals surface area contributed by atoms with E-state index in [4.69, 9.17) is 10.2 Å². The summed E-state index contributed by atoms with van der Waals surface area (Å²) in [6.45, 7) is 11.5. The Morgan fingerprint density at radius 2 is 1.85 bits per heavy atom. The molecule has 182 valence electrons. The van der Waals surface area contributed by atoms with E-state index in [9.17, 15) is 9.59 Å². The van der Waals surface area contributed by atoms with E-state index in [0.29, 0.717) is 22.6 Å². The van der Waals surface area contributed by atoms with E-state index in [2.05, 4.69) is 41.2 Å². The minimum Gasteiger partial charge on any atom is -0.457 e. The van der Waals surface area contributed by atoms with Gasteiger partial charge in [0.25, 0.3) is 5.91 Å². The first-order valence-corrected chi connectivity index (χ1v) is 12.0. The summed E-state index contributed by atoms with van der Waals surface area (Å²) in [5, 5.41) is 9.45. The highest BCUT2D eigenvalue weighted by Gasteiger charge is 2.30. The number of furan rings is 1. The number of aromatic nitrogens is 2. The third-order valence-corrected chi connectivity index (χ3v) is 6.77. The SMILES string of the molecule is CC(=O)c1ccc(CN2CCCC2)o1.CC(C)(C)C1CCC(NC(=O)c2[nH]ncc2N)CC1. The molecule has 2 aliphatic rings. The van der Waals surface area contributed by atoms with Gasteiger partial charge in [-0.25, -0.2) is 0 Å². The Balaban J connectivity index is 0.000000194. The minimum absolute atomic E-state index is 0.00216. The number of nitrogens with zero attached hydrogens (tertiary/aromatic N) is 2. The largest absolute Gasteiger partial charge is 0.457 e. The fraction of sp³-hybridized carbons (Fsp3) is 0.640. The number of amides is 1. The van der Waals surface area contributed by atoms with Crippen LogP contribution >= 0.6 is 0 Å². The second-order valence-corrected chi connectivity index (χ2v) is 10.4. The number of rotatable bonds is 5. The second kappa shape index (κ2) is 11.0. The molecular weight excluding hydrogens is 418 g/mol. The molecule has 33 heavy (non-hydrogen) atoms. The molecule has 1 aliphatic heterocycles. The van der Waals surface area contributed by atoms with Crippen molar-refractivity contribution in [3.05, 3.63) is 35.5 Å². The lowest BCUT2D eigenvalue weighted by Crippen LogP contribution is -2.39. The Bertz CT molecular complexity index is 913. The van der Waals surface area contributed by atoms with Crippen molar-refractivity contribution in [3.63, 3.8) is 0 Å². The molecule has 0 atom stereocenters. The topological polar surface area (TPSA) is 117 Å². The molecule has 0 unspecified atom stereocenters. The molecule has 4 rings (SSSR count). The fourth-order valence-electron chi connectivity index (χ4n) is 4.65. The molecule has 8 heteroatoms. The lowest BCUT2D eigenvalue weighted by Gasteiger charge is -2.37. The van der Waals surface area contributed by atoms with Gasteiger partial charge in [-0.05, 0) is 75.1 Å². The van der Waals surface area contributed by atoms with E-state index < -0.39 is 0 Å². The lowest BCUT2D eigenvalue weighted by molar-refractivity contribution is 0.0899. The van der Waals surface area contributed by atoms with Crippen molar-refractivity contribution in [3.8, 4) is 0 Å². The van der Waals surface area contributed by atoms with Crippen LogP contribution in [0.5, 0.6) is 0 Å². The average molecular weight is 458 g/mol. The number of carbonyl (C=O) groups is 2. The van der Waals surface area contributed by atoms with Crippen molar-refractivity contribution in [2.75, 3.05) is 18.8 Å². The number of nitrogens with two attached hydrogens (primary N) is 1. The van der Waals surface area contributed by atoms with E-state index >= 15 is 0 Å². The van der Waals surface area contributed by atoms with Gasteiger partial charge in [-0.15, -0.1) is 0 Å². The molecule has 1 saturated carbocycles. The number of nitrogen functional groups attached to an aromatic ring is 1. The van der Waals surface area contributed by atoms with Crippen LogP contribution < -0.4 is 11.1 Å². The monoisotopic (exact) mass is 457 g/mol. The zero-order valence-electron chi connectivity index (χ0n) is 20.4. The summed E-state index contributed by atoms with van der Waals surface area (Å²) in [7, 11) is 0. The van der Waals surface area contributed by atoms with Gasteiger partial charge in [-0.2, -0.15) is 5.10 Å². The Kier molecular flexibility index (Phi) is 8.35. The maximum Gasteiger partial charge on any atom is 0.271 e. The molecule has 2 aromatic rings. The first-order valence-electron chi connectivity index (χ1n) is 12.0. The minimum atomic E-state index is -0.144. The van der Waals surface area contributed by atoms with E-state index in [0.717, 1.165) is 44.2 Å². The van der Waals surface area contributed by atoms with Crippen LogP contribution in [0.1, 0.15) is 93.0 Å². The number of ketones is 1. The molecule has 3 heterocycles. The highest BCUT2D eigenvalue weighted by Crippen LogP contribution is 2.37. The van der Waals surface area contributed by atoms with Gasteiger partial charge in [0, 0.05) is 13.0 Å². The van der Waals surface area contributed by atoms with Crippen LogP contribution in [0.25, 0.3) is 0 Å². The Labute approximate surface area is 196 Å². The number of likely N-dealkylation sites (tertiary alicyclic amines) is 1. The third-order valence-electron chi connectivity index (χ3n) is 6.77. The Morgan fingerprint density at radius 3 is 2.36 bits per heavy atom. The third kappa shape index (κ3) is 7.19. The zero-order valence-corrected chi connectivity index (χ0v) is 20.4. The predicted molar refractivity (Wildman–Crippen MR) is 129 cm³/mol. The van der Waals surface area contributed by atoms with E-state index in [1.165, 1.54) is 38.8 Å². The maximum atomic E-state index is 12.0.